The quantitative estimate of drug-likeness (QED) is 0.733. The van der Waals surface area contributed by atoms with E-state index >= 15 is 0 Å². The monoisotopic (exact) mass is 214 g/mol. The molecule has 0 amide bonds. The standard InChI is InChI=1S/C9H7FOS2/c1-12-8-4-13-9-6(8)2-5(10)3-7(9)11/h2-4,11H,1H3. The largest absolute Gasteiger partial charge is 0.506 e. The van der Waals surface area contributed by atoms with Crippen molar-refractivity contribution in [3.8, 4) is 5.75 Å². The highest BCUT2D eigenvalue weighted by Gasteiger charge is 2.08. The summed E-state index contributed by atoms with van der Waals surface area (Å²) in [6.07, 6.45) is 1.93. The highest BCUT2D eigenvalue weighted by molar-refractivity contribution is 7.99. The highest BCUT2D eigenvalue weighted by atomic mass is 32.2. The van der Waals surface area contributed by atoms with Gasteiger partial charge in [-0.2, -0.15) is 0 Å². The van der Waals surface area contributed by atoms with E-state index in [0.29, 0.717) is 0 Å². The summed E-state index contributed by atoms with van der Waals surface area (Å²) in [5, 5.41) is 12.1. The number of halogens is 1. The molecule has 0 fully saturated rings. The molecule has 0 aliphatic heterocycles. The summed E-state index contributed by atoms with van der Waals surface area (Å²) in [5.74, 6) is -0.362. The molecule has 13 heavy (non-hydrogen) atoms. The van der Waals surface area contributed by atoms with Gasteiger partial charge in [-0.3, -0.25) is 0 Å². The van der Waals surface area contributed by atoms with Crippen LogP contribution in [0.3, 0.4) is 0 Å². The van der Waals surface area contributed by atoms with Gasteiger partial charge < -0.3 is 5.11 Å². The second-order valence-electron chi connectivity index (χ2n) is 2.61. The molecule has 1 aromatic heterocycles. The van der Waals surface area contributed by atoms with Crippen molar-refractivity contribution in [2.75, 3.05) is 6.26 Å². The molecule has 0 unspecified atom stereocenters. The summed E-state index contributed by atoms with van der Waals surface area (Å²) >= 11 is 2.99. The van der Waals surface area contributed by atoms with E-state index in [2.05, 4.69) is 0 Å². The SMILES string of the molecule is CSc1csc2c(O)cc(F)cc12. The van der Waals surface area contributed by atoms with Gasteiger partial charge in [0.1, 0.15) is 11.6 Å². The molecule has 2 rings (SSSR count). The fraction of sp³-hybridized carbons (Fsp3) is 0.111. The lowest BCUT2D eigenvalue weighted by Gasteiger charge is -1.96. The number of hydrogen-bond acceptors (Lipinski definition) is 3. The van der Waals surface area contributed by atoms with Crippen molar-refractivity contribution in [1.82, 2.24) is 0 Å². The van der Waals surface area contributed by atoms with E-state index in [1.54, 1.807) is 11.8 Å². The zero-order valence-electron chi connectivity index (χ0n) is 6.87. The number of benzene rings is 1. The molecule has 0 radical (unpaired) electrons. The fourth-order valence-corrected chi connectivity index (χ4v) is 3.02. The van der Waals surface area contributed by atoms with Crippen LogP contribution in [-0.4, -0.2) is 11.4 Å². The van der Waals surface area contributed by atoms with Crippen molar-refractivity contribution in [2.45, 2.75) is 4.90 Å². The van der Waals surface area contributed by atoms with Crippen molar-refractivity contribution < 1.29 is 9.50 Å². The van der Waals surface area contributed by atoms with Crippen LogP contribution in [0.15, 0.2) is 22.4 Å². The summed E-state index contributed by atoms with van der Waals surface area (Å²) in [6, 6.07) is 2.60. The lowest BCUT2D eigenvalue weighted by Crippen LogP contribution is -1.74. The predicted molar refractivity (Wildman–Crippen MR) is 55.2 cm³/mol. The van der Waals surface area contributed by atoms with Gasteiger partial charge in [0, 0.05) is 21.7 Å². The first kappa shape index (κ1) is 8.84. The Morgan fingerprint density at radius 1 is 1.46 bits per heavy atom. The topological polar surface area (TPSA) is 20.2 Å². The Hall–Kier alpha value is -0.740. The van der Waals surface area contributed by atoms with Crippen molar-refractivity contribution in [2.24, 2.45) is 0 Å². The van der Waals surface area contributed by atoms with Gasteiger partial charge in [-0.15, -0.1) is 23.1 Å². The Bertz CT molecular complexity index is 450. The van der Waals surface area contributed by atoms with E-state index in [1.807, 2.05) is 11.6 Å². The highest BCUT2D eigenvalue weighted by Crippen LogP contribution is 2.37. The van der Waals surface area contributed by atoms with Gasteiger partial charge in [0.15, 0.2) is 0 Å². The average Bonchev–Trinajstić information content (AvgIpc) is 2.47. The minimum Gasteiger partial charge on any atom is -0.506 e. The molecule has 2 aromatic rings. The molecule has 1 nitrogen and oxygen atoms in total. The summed E-state index contributed by atoms with van der Waals surface area (Å²) in [6.45, 7) is 0. The third kappa shape index (κ3) is 1.40. The first-order valence-electron chi connectivity index (χ1n) is 3.66. The smallest absolute Gasteiger partial charge is 0.136 e. The molecular formula is C9H7FOS2. The van der Waals surface area contributed by atoms with Crippen LogP contribution in [0.25, 0.3) is 10.1 Å². The maximum atomic E-state index is 12.9. The molecule has 0 atom stereocenters. The Labute approximate surface area is 83.2 Å². The maximum absolute atomic E-state index is 12.9. The molecule has 0 bridgehead atoms. The Kier molecular flexibility index (Phi) is 2.17. The van der Waals surface area contributed by atoms with Crippen molar-refractivity contribution in [3.05, 3.63) is 23.3 Å². The molecule has 68 valence electrons. The second-order valence-corrected chi connectivity index (χ2v) is 4.33. The van der Waals surface area contributed by atoms with Crippen LogP contribution in [0.2, 0.25) is 0 Å². The molecule has 1 aromatic carbocycles. The van der Waals surface area contributed by atoms with Crippen LogP contribution in [0, 0.1) is 5.82 Å². The summed E-state index contributed by atoms with van der Waals surface area (Å²) in [4.78, 5) is 1.01. The van der Waals surface area contributed by atoms with Gasteiger partial charge in [0.05, 0.1) is 4.70 Å². The lowest BCUT2D eigenvalue weighted by atomic mass is 10.2. The van der Waals surface area contributed by atoms with Crippen molar-refractivity contribution in [1.29, 1.82) is 0 Å². The normalized spacial score (nSPS) is 10.9. The van der Waals surface area contributed by atoms with Gasteiger partial charge in [-0.25, -0.2) is 4.39 Å². The fourth-order valence-electron chi connectivity index (χ4n) is 1.22. The minimum atomic E-state index is -0.390. The van der Waals surface area contributed by atoms with Gasteiger partial charge in [0.25, 0.3) is 0 Å². The Balaban J connectivity index is 2.82. The number of phenols is 1. The Morgan fingerprint density at radius 2 is 2.23 bits per heavy atom. The Morgan fingerprint density at radius 3 is 2.92 bits per heavy atom. The molecule has 0 spiro atoms. The van der Waals surface area contributed by atoms with E-state index in [9.17, 15) is 9.50 Å². The predicted octanol–water partition coefficient (Wildman–Crippen LogP) is 3.47. The van der Waals surface area contributed by atoms with E-state index in [0.717, 1.165) is 21.0 Å². The molecular weight excluding hydrogens is 207 g/mol. The molecule has 1 heterocycles. The first-order chi connectivity index (χ1) is 6.22. The zero-order chi connectivity index (χ0) is 9.42. The number of aromatic hydroxyl groups is 1. The van der Waals surface area contributed by atoms with E-state index in [4.69, 9.17) is 0 Å². The van der Waals surface area contributed by atoms with Crippen LogP contribution in [0.1, 0.15) is 0 Å². The van der Waals surface area contributed by atoms with Crippen LogP contribution in [-0.2, 0) is 0 Å². The van der Waals surface area contributed by atoms with Crippen LogP contribution in [0.5, 0.6) is 5.75 Å². The molecule has 0 aliphatic carbocycles. The molecule has 0 saturated heterocycles. The zero-order valence-corrected chi connectivity index (χ0v) is 8.51. The van der Waals surface area contributed by atoms with Crippen molar-refractivity contribution >= 4 is 33.2 Å². The number of phenolic OH excluding ortho intramolecular Hbond substituents is 1. The number of rotatable bonds is 1. The van der Waals surface area contributed by atoms with Gasteiger partial charge in [-0.1, -0.05) is 0 Å². The minimum absolute atomic E-state index is 0.0281. The number of thiophene rings is 1. The van der Waals surface area contributed by atoms with Crippen LogP contribution in [0.4, 0.5) is 4.39 Å². The maximum Gasteiger partial charge on any atom is 0.136 e. The molecule has 1 N–H and O–H groups in total. The van der Waals surface area contributed by atoms with Gasteiger partial charge >= 0.3 is 0 Å². The van der Waals surface area contributed by atoms with E-state index < -0.39 is 5.82 Å². The summed E-state index contributed by atoms with van der Waals surface area (Å²) < 4.78 is 13.7. The van der Waals surface area contributed by atoms with Crippen LogP contribution >= 0.6 is 23.1 Å². The summed E-state index contributed by atoms with van der Waals surface area (Å²) in [7, 11) is 0. The third-order valence-corrected chi connectivity index (χ3v) is 3.75. The van der Waals surface area contributed by atoms with E-state index in [1.165, 1.54) is 17.4 Å². The van der Waals surface area contributed by atoms with Crippen LogP contribution < -0.4 is 0 Å². The van der Waals surface area contributed by atoms with E-state index in [-0.39, 0.29) is 5.75 Å². The number of fused-ring (bicyclic) bond motifs is 1. The number of thioether (sulfide) groups is 1. The molecule has 4 heteroatoms. The summed E-state index contributed by atoms with van der Waals surface area (Å²) in [5.41, 5.74) is 0. The first-order valence-corrected chi connectivity index (χ1v) is 5.76. The molecule has 0 aliphatic rings. The van der Waals surface area contributed by atoms with Crippen molar-refractivity contribution in [3.63, 3.8) is 0 Å². The van der Waals surface area contributed by atoms with Gasteiger partial charge in [-0.05, 0) is 12.3 Å². The average molecular weight is 214 g/mol. The second kappa shape index (κ2) is 3.20. The molecule has 0 saturated carbocycles. The lowest BCUT2D eigenvalue weighted by molar-refractivity contribution is 0.476. The van der Waals surface area contributed by atoms with Gasteiger partial charge in [0.2, 0.25) is 0 Å². The third-order valence-electron chi connectivity index (χ3n) is 1.80. The number of hydrogen-bond donors (Lipinski definition) is 1.